The lowest BCUT2D eigenvalue weighted by atomic mass is 9.91. The van der Waals surface area contributed by atoms with Crippen LogP contribution >= 0.6 is 22.6 Å². The fourth-order valence-electron chi connectivity index (χ4n) is 4.31. The number of amides is 2. The average Bonchev–Trinajstić information content (AvgIpc) is 3.47. The molecule has 9 nitrogen and oxygen atoms in total. The molecule has 4 atom stereocenters. The zero-order valence-corrected chi connectivity index (χ0v) is 19.5. The van der Waals surface area contributed by atoms with Crippen molar-refractivity contribution in [2.45, 2.75) is 43.6 Å². The van der Waals surface area contributed by atoms with Gasteiger partial charge >= 0.3 is 5.97 Å². The monoisotopic (exact) mass is 556 g/mol. The Labute approximate surface area is 199 Å². The van der Waals surface area contributed by atoms with Gasteiger partial charge in [-0.25, -0.2) is 4.79 Å². The summed E-state index contributed by atoms with van der Waals surface area (Å²) in [4.78, 5) is 40.1. The van der Waals surface area contributed by atoms with Gasteiger partial charge in [-0.1, -0.05) is 12.1 Å². The van der Waals surface area contributed by atoms with E-state index >= 15 is 0 Å². The van der Waals surface area contributed by atoms with Gasteiger partial charge in [0, 0.05) is 28.7 Å². The lowest BCUT2D eigenvalue weighted by Crippen LogP contribution is -2.49. The molecule has 0 spiro atoms. The quantitative estimate of drug-likeness (QED) is 0.397. The van der Waals surface area contributed by atoms with Gasteiger partial charge in [-0.05, 0) is 53.6 Å². The second-order valence-corrected chi connectivity index (χ2v) is 9.03. The van der Waals surface area contributed by atoms with Crippen LogP contribution in [0, 0.1) is 3.57 Å². The van der Waals surface area contributed by atoms with Crippen LogP contribution < -0.4 is 5.32 Å². The van der Waals surface area contributed by atoms with Crippen molar-refractivity contribution in [2.75, 3.05) is 26.5 Å². The first-order valence-corrected chi connectivity index (χ1v) is 11.7. The third kappa shape index (κ3) is 4.82. The third-order valence-corrected chi connectivity index (χ3v) is 6.79. The lowest BCUT2D eigenvalue weighted by Gasteiger charge is -2.32. The van der Waals surface area contributed by atoms with Gasteiger partial charge in [0.1, 0.15) is 31.1 Å². The van der Waals surface area contributed by atoms with Gasteiger partial charge in [0.05, 0.1) is 12.2 Å². The Morgan fingerprint density at radius 2 is 2.06 bits per heavy atom. The maximum absolute atomic E-state index is 13.3. The summed E-state index contributed by atoms with van der Waals surface area (Å²) in [6, 6.07) is 6.53. The highest BCUT2D eigenvalue weighted by Gasteiger charge is 2.44. The number of esters is 1. The fraction of sp³-hybridized carbons (Fsp3) is 0.500. The summed E-state index contributed by atoms with van der Waals surface area (Å²) in [5.41, 5.74) is 0.894. The number of rotatable bonds is 6. The molecule has 0 saturated carbocycles. The van der Waals surface area contributed by atoms with Crippen molar-refractivity contribution in [3.05, 3.63) is 45.0 Å². The number of fused-ring (bicyclic) bond motifs is 1. The Balaban J connectivity index is 1.49. The number of carbonyl (C=O) groups excluding carboxylic acids is 3. The van der Waals surface area contributed by atoms with E-state index in [4.69, 9.17) is 19.3 Å². The average molecular weight is 556 g/mol. The Kier molecular flexibility index (Phi) is 7.44. The number of carbonyl (C=O) groups is 3. The Morgan fingerprint density at radius 3 is 2.84 bits per heavy atom. The number of nitrogens with one attached hydrogen (secondary N) is 1. The third-order valence-electron chi connectivity index (χ3n) is 5.85. The molecule has 10 heteroatoms. The molecule has 2 saturated heterocycles. The van der Waals surface area contributed by atoms with E-state index in [0.29, 0.717) is 30.5 Å². The molecule has 2 N–H and O–H groups in total. The molecule has 0 aromatic heterocycles. The van der Waals surface area contributed by atoms with Gasteiger partial charge in [0.2, 0.25) is 11.8 Å². The number of ether oxygens (including phenoxy) is 3. The van der Waals surface area contributed by atoms with Gasteiger partial charge in [0.15, 0.2) is 0 Å². The van der Waals surface area contributed by atoms with E-state index in [1.807, 2.05) is 12.1 Å². The Morgan fingerprint density at radius 1 is 1.25 bits per heavy atom. The van der Waals surface area contributed by atoms with E-state index in [9.17, 15) is 14.4 Å². The fourth-order valence-corrected chi connectivity index (χ4v) is 4.91. The molecule has 0 radical (unpaired) electrons. The summed E-state index contributed by atoms with van der Waals surface area (Å²) in [7, 11) is 0. The second kappa shape index (κ2) is 10.3. The van der Waals surface area contributed by atoms with E-state index in [1.54, 1.807) is 23.1 Å². The number of nitrogens with zero attached hydrogens (tertiary/aromatic N) is 1. The van der Waals surface area contributed by atoms with Crippen molar-refractivity contribution in [3.63, 3.8) is 0 Å². The number of halogens is 1. The smallest absolute Gasteiger partial charge is 0.339 e. The molecule has 1 aromatic rings. The number of aliphatic hydroxyl groups is 1. The zero-order valence-electron chi connectivity index (χ0n) is 17.4. The van der Waals surface area contributed by atoms with Crippen LogP contribution in [0.4, 0.5) is 0 Å². The normalized spacial score (nSPS) is 26.9. The van der Waals surface area contributed by atoms with Crippen LogP contribution in [0.25, 0.3) is 0 Å². The highest BCUT2D eigenvalue weighted by molar-refractivity contribution is 14.1. The predicted octanol–water partition coefficient (Wildman–Crippen LogP) is 0.988. The number of benzene rings is 1. The van der Waals surface area contributed by atoms with E-state index in [1.165, 1.54) is 0 Å². The molecule has 1 aliphatic carbocycles. The van der Waals surface area contributed by atoms with Gasteiger partial charge < -0.3 is 29.5 Å². The largest absolute Gasteiger partial charge is 0.455 e. The van der Waals surface area contributed by atoms with Gasteiger partial charge in [-0.3, -0.25) is 9.59 Å². The van der Waals surface area contributed by atoms with Crippen LogP contribution in [0.5, 0.6) is 0 Å². The number of hydrogen-bond donors (Lipinski definition) is 2. The Bertz CT molecular complexity index is 921. The van der Waals surface area contributed by atoms with Crippen molar-refractivity contribution >= 4 is 40.4 Å². The molecule has 0 bridgehead atoms. The van der Waals surface area contributed by atoms with Gasteiger partial charge in [-0.15, -0.1) is 0 Å². The second-order valence-electron chi connectivity index (χ2n) is 7.87. The van der Waals surface area contributed by atoms with E-state index in [0.717, 1.165) is 3.57 Å². The molecular weight excluding hydrogens is 531 g/mol. The summed E-state index contributed by atoms with van der Waals surface area (Å²) < 4.78 is 17.8. The first-order valence-electron chi connectivity index (χ1n) is 10.6. The van der Waals surface area contributed by atoms with Crippen LogP contribution in [0.2, 0.25) is 0 Å². The maximum Gasteiger partial charge on any atom is 0.339 e. The molecule has 1 aromatic carbocycles. The molecule has 172 valence electrons. The summed E-state index contributed by atoms with van der Waals surface area (Å²) >= 11 is 2.08. The van der Waals surface area contributed by atoms with Crippen LogP contribution in [-0.4, -0.2) is 78.6 Å². The van der Waals surface area contributed by atoms with Crippen LogP contribution in [0.15, 0.2) is 35.9 Å². The molecule has 2 aliphatic heterocycles. The molecule has 32 heavy (non-hydrogen) atoms. The topological polar surface area (TPSA) is 114 Å². The van der Waals surface area contributed by atoms with Crippen molar-refractivity contribution < 1.29 is 33.7 Å². The molecule has 2 amide bonds. The SMILES string of the molecule is O=C(O[C@@H]1CC(C(=O)N2CCC[C@@H]2C(=O)NCCO)=C[C@H]2OCO[C@H]21)c1ccccc1I. The van der Waals surface area contributed by atoms with Crippen LogP contribution in [-0.2, 0) is 23.8 Å². The van der Waals surface area contributed by atoms with E-state index in [-0.39, 0.29) is 38.2 Å². The minimum Gasteiger partial charge on any atom is -0.455 e. The number of aliphatic hydroxyl groups excluding tert-OH is 1. The highest BCUT2D eigenvalue weighted by atomic mass is 127. The van der Waals surface area contributed by atoms with Crippen molar-refractivity contribution in [1.29, 1.82) is 0 Å². The first-order chi connectivity index (χ1) is 15.5. The van der Waals surface area contributed by atoms with Crippen molar-refractivity contribution in [1.82, 2.24) is 10.2 Å². The van der Waals surface area contributed by atoms with Crippen molar-refractivity contribution in [2.24, 2.45) is 0 Å². The van der Waals surface area contributed by atoms with E-state index in [2.05, 4.69) is 27.9 Å². The summed E-state index contributed by atoms with van der Waals surface area (Å²) in [5, 5.41) is 11.6. The minimum absolute atomic E-state index is 0.0557. The summed E-state index contributed by atoms with van der Waals surface area (Å²) in [6.45, 7) is 0.502. The van der Waals surface area contributed by atoms with Crippen LogP contribution in [0.3, 0.4) is 0 Å². The first kappa shape index (κ1) is 23.1. The van der Waals surface area contributed by atoms with Crippen molar-refractivity contribution in [3.8, 4) is 0 Å². The molecule has 4 rings (SSSR count). The Hall–Kier alpha value is -2.02. The zero-order chi connectivity index (χ0) is 22.7. The van der Waals surface area contributed by atoms with Gasteiger partial charge in [-0.2, -0.15) is 0 Å². The van der Waals surface area contributed by atoms with Crippen LogP contribution in [0.1, 0.15) is 29.6 Å². The van der Waals surface area contributed by atoms with Gasteiger partial charge in [0.25, 0.3) is 0 Å². The standard InChI is InChI=1S/C22H25IN2O7/c23-15-5-2-1-4-14(15)22(29)32-18-11-13(10-17-19(18)31-12-30-17)21(28)25-8-3-6-16(25)20(27)24-7-9-26/h1-2,4-5,10,16-19,26H,3,6-9,11-12H2,(H,24,27)/t16-,17-,18-,19-/m1/s1. The molecule has 0 unspecified atom stereocenters. The summed E-state index contributed by atoms with van der Waals surface area (Å²) in [6.07, 6.45) is 1.51. The molecule has 2 fully saturated rings. The minimum atomic E-state index is -0.681. The number of likely N-dealkylation sites (tertiary alicyclic amines) is 1. The predicted molar refractivity (Wildman–Crippen MR) is 121 cm³/mol. The molecule has 2 heterocycles. The number of hydrogen-bond acceptors (Lipinski definition) is 7. The lowest BCUT2D eigenvalue weighted by molar-refractivity contribution is -0.136. The molecular formula is C22H25IN2O7. The van der Waals surface area contributed by atoms with E-state index < -0.39 is 30.3 Å². The summed E-state index contributed by atoms with van der Waals surface area (Å²) in [5.74, 6) is -1.03. The maximum atomic E-state index is 13.3. The highest BCUT2D eigenvalue weighted by Crippen LogP contribution is 2.33. The molecule has 3 aliphatic rings.